The van der Waals surface area contributed by atoms with Gasteiger partial charge in [-0.1, -0.05) is 31.2 Å². The number of nitrogens with zero attached hydrogens (tertiary/aromatic N) is 2. The summed E-state index contributed by atoms with van der Waals surface area (Å²) in [4.78, 5) is 20.9. The van der Waals surface area contributed by atoms with Crippen LogP contribution in [0.1, 0.15) is 28.9 Å². The summed E-state index contributed by atoms with van der Waals surface area (Å²) in [6.45, 7) is 2.55. The van der Waals surface area contributed by atoms with Crippen molar-refractivity contribution >= 4 is 17.2 Å². The number of halogens is 1. The summed E-state index contributed by atoms with van der Waals surface area (Å²) in [5, 5.41) is 5.77. The second-order valence-electron chi connectivity index (χ2n) is 6.74. The Morgan fingerprint density at radius 3 is 2.57 bits per heavy atom. The van der Waals surface area contributed by atoms with Crippen LogP contribution in [-0.4, -0.2) is 22.4 Å². The molecular weight excluding hydrogens is 401 g/mol. The van der Waals surface area contributed by atoms with Crippen molar-refractivity contribution in [2.75, 3.05) is 6.54 Å². The predicted molar refractivity (Wildman–Crippen MR) is 115 cm³/mol. The van der Waals surface area contributed by atoms with Gasteiger partial charge in [0, 0.05) is 29.5 Å². The molecule has 0 radical (unpaired) electrons. The topological polar surface area (TPSA) is 68.0 Å². The quantitative estimate of drug-likeness (QED) is 0.449. The molecule has 0 aliphatic heterocycles. The molecule has 1 amide bonds. The van der Waals surface area contributed by atoms with Crippen molar-refractivity contribution in [3.63, 3.8) is 0 Å². The Morgan fingerprint density at radius 2 is 1.83 bits per heavy atom. The molecule has 4 aromatic rings. The van der Waals surface area contributed by atoms with E-state index in [9.17, 15) is 9.18 Å². The van der Waals surface area contributed by atoms with Crippen molar-refractivity contribution in [3.8, 4) is 21.9 Å². The van der Waals surface area contributed by atoms with Crippen molar-refractivity contribution < 1.29 is 13.6 Å². The first kappa shape index (κ1) is 20.0. The number of hydrogen-bond acceptors (Lipinski definition) is 5. The van der Waals surface area contributed by atoms with E-state index in [2.05, 4.69) is 46.5 Å². The monoisotopic (exact) mass is 421 g/mol. The molecule has 0 aliphatic rings. The van der Waals surface area contributed by atoms with Gasteiger partial charge in [0.15, 0.2) is 5.76 Å². The van der Waals surface area contributed by atoms with E-state index in [1.165, 1.54) is 23.9 Å². The zero-order valence-corrected chi connectivity index (χ0v) is 17.2. The minimum absolute atomic E-state index is 0.0238. The van der Waals surface area contributed by atoms with Gasteiger partial charge in [-0.05, 0) is 36.2 Å². The molecular formula is C23H20FN3O2S. The van der Waals surface area contributed by atoms with E-state index in [0.717, 1.165) is 22.7 Å². The molecule has 0 bridgehead atoms. The summed E-state index contributed by atoms with van der Waals surface area (Å²) in [6.07, 6.45) is 3.08. The van der Waals surface area contributed by atoms with Gasteiger partial charge >= 0.3 is 5.91 Å². The van der Waals surface area contributed by atoms with Gasteiger partial charge in [-0.3, -0.25) is 4.79 Å². The highest BCUT2D eigenvalue weighted by Crippen LogP contribution is 2.24. The Kier molecular flexibility index (Phi) is 5.99. The van der Waals surface area contributed by atoms with Crippen LogP contribution in [-0.2, 0) is 12.8 Å². The van der Waals surface area contributed by atoms with Gasteiger partial charge in [-0.15, -0.1) is 11.3 Å². The molecule has 1 N–H and O–H groups in total. The lowest BCUT2D eigenvalue weighted by atomic mass is 10.1. The number of hydrogen-bond donors (Lipinski definition) is 1. The maximum atomic E-state index is 13.0. The van der Waals surface area contributed by atoms with Crippen molar-refractivity contribution in [1.29, 1.82) is 0 Å². The number of aromatic nitrogens is 2. The van der Waals surface area contributed by atoms with Crippen LogP contribution in [0.5, 0.6) is 0 Å². The number of oxazole rings is 1. The van der Waals surface area contributed by atoms with Crippen LogP contribution in [0.15, 0.2) is 64.5 Å². The van der Waals surface area contributed by atoms with Crippen LogP contribution in [0.4, 0.5) is 4.39 Å². The molecule has 0 unspecified atom stereocenters. The summed E-state index contributed by atoms with van der Waals surface area (Å²) < 4.78 is 18.5. The van der Waals surface area contributed by atoms with Crippen molar-refractivity contribution in [2.45, 2.75) is 19.8 Å². The first-order chi connectivity index (χ1) is 14.6. The molecule has 0 atom stereocenters. The van der Waals surface area contributed by atoms with E-state index in [4.69, 9.17) is 4.42 Å². The van der Waals surface area contributed by atoms with Crippen LogP contribution in [0, 0.1) is 5.82 Å². The van der Waals surface area contributed by atoms with Crippen molar-refractivity contribution in [2.24, 2.45) is 0 Å². The molecule has 0 saturated carbocycles. The summed E-state index contributed by atoms with van der Waals surface area (Å²) in [6, 6.07) is 14.2. The normalized spacial score (nSPS) is 10.9. The van der Waals surface area contributed by atoms with Crippen molar-refractivity contribution in [3.05, 3.63) is 83.1 Å². The fraction of sp³-hybridized carbons (Fsp3) is 0.174. The fourth-order valence-corrected chi connectivity index (χ4v) is 3.80. The Balaban J connectivity index is 1.32. The zero-order valence-electron chi connectivity index (χ0n) is 16.4. The Hall–Kier alpha value is -3.32. The third-order valence-corrected chi connectivity index (χ3v) is 5.60. The van der Waals surface area contributed by atoms with Gasteiger partial charge in [0.05, 0.1) is 11.9 Å². The van der Waals surface area contributed by atoms with Crippen LogP contribution in [0.3, 0.4) is 0 Å². The molecule has 7 heteroatoms. The summed E-state index contributed by atoms with van der Waals surface area (Å²) in [7, 11) is 0. The zero-order chi connectivity index (χ0) is 20.9. The highest BCUT2D eigenvalue weighted by Gasteiger charge is 2.14. The molecule has 5 nitrogen and oxygen atoms in total. The molecule has 2 aromatic carbocycles. The number of carbonyl (C=O) groups is 1. The lowest BCUT2D eigenvalue weighted by Crippen LogP contribution is -2.26. The molecule has 152 valence electrons. The number of nitrogens with one attached hydrogen (secondary N) is 1. The van der Waals surface area contributed by atoms with Crippen LogP contribution >= 0.6 is 11.3 Å². The minimum atomic E-state index is -0.394. The van der Waals surface area contributed by atoms with E-state index in [0.29, 0.717) is 24.3 Å². The maximum Gasteiger partial charge on any atom is 0.307 e. The molecule has 0 spiro atoms. The van der Waals surface area contributed by atoms with Gasteiger partial charge in [-0.2, -0.15) is 0 Å². The predicted octanol–water partition coefficient (Wildman–Crippen LogP) is 5.14. The number of rotatable bonds is 7. The summed E-state index contributed by atoms with van der Waals surface area (Å²) in [5.74, 6) is -0.337. The summed E-state index contributed by atoms with van der Waals surface area (Å²) >= 11 is 1.59. The number of amides is 1. The first-order valence-electron chi connectivity index (χ1n) is 9.66. The molecule has 0 saturated heterocycles. The van der Waals surface area contributed by atoms with Gasteiger partial charge in [0.1, 0.15) is 10.8 Å². The Labute approximate surface area is 177 Å². The van der Waals surface area contributed by atoms with Gasteiger partial charge < -0.3 is 9.73 Å². The second-order valence-corrected chi connectivity index (χ2v) is 7.60. The SMILES string of the molecule is CCc1ccc(-c2nc(CCNC(=O)c3ncc(-c4ccc(F)cc4)o3)cs2)cc1. The van der Waals surface area contributed by atoms with E-state index in [1.807, 2.05) is 5.38 Å². The minimum Gasteiger partial charge on any atom is -0.432 e. The van der Waals surface area contributed by atoms with Crippen molar-refractivity contribution in [1.82, 2.24) is 15.3 Å². The number of benzene rings is 2. The summed E-state index contributed by atoms with van der Waals surface area (Å²) in [5.41, 5.74) is 3.98. The molecule has 0 aliphatic carbocycles. The lowest BCUT2D eigenvalue weighted by molar-refractivity contribution is 0.0920. The van der Waals surface area contributed by atoms with Gasteiger partial charge in [0.25, 0.3) is 5.89 Å². The number of aryl methyl sites for hydroxylation is 1. The molecule has 2 heterocycles. The third kappa shape index (κ3) is 4.63. The maximum absolute atomic E-state index is 13.0. The van der Waals surface area contributed by atoms with Crippen LogP contribution < -0.4 is 5.32 Å². The lowest BCUT2D eigenvalue weighted by Gasteiger charge is -2.01. The van der Waals surface area contributed by atoms with E-state index in [1.54, 1.807) is 23.5 Å². The van der Waals surface area contributed by atoms with Crippen LogP contribution in [0.2, 0.25) is 0 Å². The highest BCUT2D eigenvalue weighted by atomic mass is 32.1. The van der Waals surface area contributed by atoms with Gasteiger partial charge in [-0.25, -0.2) is 14.4 Å². The Bertz CT molecular complexity index is 1130. The van der Waals surface area contributed by atoms with E-state index >= 15 is 0 Å². The average Bonchev–Trinajstić information content (AvgIpc) is 3.44. The number of thiazole rings is 1. The largest absolute Gasteiger partial charge is 0.432 e. The average molecular weight is 421 g/mol. The molecule has 4 rings (SSSR count). The van der Waals surface area contributed by atoms with E-state index < -0.39 is 5.91 Å². The Morgan fingerprint density at radius 1 is 1.10 bits per heavy atom. The van der Waals surface area contributed by atoms with E-state index in [-0.39, 0.29) is 11.7 Å². The molecule has 2 aromatic heterocycles. The molecule has 30 heavy (non-hydrogen) atoms. The highest BCUT2D eigenvalue weighted by molar-refractivity contribution is 7.13. The molecule has 0 fully saturated rings. The standard InChI is InChI=1S/C23H20FN3O2S/c1-2-15-3-5-17(6-4-15)23-27-19(14-30-23)11-12-25-21(28)22-26-13-20(29-22)16-7-9-18(24)10-8-16/h3-10,13-14H,2,11-12H2,1H3,(H,25,28). The smallest absolute Gasteiger partial charge is 0.307 e. The first-order valence-corrected chi connectivity index (χ1v) is 10.5. The van der Waals surface area contributed by atoms with Crippen LogP contribution in [0.25, 0.3) is 21.9 Å². The number of carbonyl (C=O) groups excluding carboxylic acids is 1. The van der Waals surface area contributed by atoms with Gasteiger partial charge in [0.2, 0.25) is 0 Å². The fourth-order valence-electron chi connectivity index (χ4n) is 2.94. The second kappa shape index (κ2) is 9.00. The third-order valence-electron chi connectivity index (χ3n) is 4.66.